The Bertz CT molecular complexity index is 375. The van der Waals surface area contributed by atoms with Gasteiger partial charge in [0.1, 0.15) is 5.82 Å². The molecule has 1 unspecified atom stereocenters. The number of carbonyl (C=O) groups is 1. The highest BCUT2D eigenvalue weighted by molar-refractivity contribution is 5.99. The molecule has 5 heteroatoms. The zero-order valence-corrected chi connectivity index (χ0v) is 8.14. The molecule has 1 aromatic carbocycles. The van der Waals surface area contributed by atoms with Gasteiger partial charge in [-0.05, 0) is 24.3 Å². The van der Waals surface area contributed by atoms with Gasteiger partial charge in [-0.25, -0.2) is 4.39 Å². The second-order valence-corrected chi connectivity index (χ2v) is 3.08. The summed E-state index contributed by atoms with van der Waals surface area (Å²) in [5, 5.41) is 10.5. The van der Waals surface area contributed by atoms with Crippen molar-refractivity contribution in [2.24, 2.45) is 0 Å². The Hall–Kier alpha value is -1.78. The van der Waals surface area contributed by atoms with Crippen LogP contribution >= 0.6 is 0 Å². The van der Waals surface area contributed by atoms with Gasteiger partial charge in [0.2, 0.25) is 5.78 Å². The predicted octanol–water partition coefficient (Wildman–Crippen LogP) is 2.06. The van der Waals surface area contributed by atoms with Gasteiger partial charge in [0.15, 0.2) is 0 Å². The van der Waals surface area contributed by atoms with Gasteiger partial charge in [-0.15, -0.1) is 0 Å². The van der Waals surface area contributed by atoms with Crippen molar-refractivity contribution in [2.75, 3.05) is 0 Å². The fraction of sp³-hybridized carbons (Fsp3) is 0.300. The van der Waals surface area contributed by atoms with Gasteiger partial charge in [-0.3, -0.25) is 14.9 Å². The van der Waals surface area contributed by atoms with E-state index in [0.29, 0.717) is 0 Å². The molecular weight excluding hydrogens is 201 g/mol. The highest BCUT2D eigenvalue weighted by Crippen LogP contribution is 2.09. The van der Waals surface area contributed by atoms with Crippen molar-refractivity contribution in [2.45, 2.75) is 19.4 Å². The number of halogens is 1. The Labute approximate surface area is 85.9 Å². The van der Waals surface area contributed by atoms with Crippen molar-refractivity contribution in [1.29, 1.82) is 0 Å². The van der Waals surface area contributed by atoms with Crippen LogP contribution in [0.5, 0.6) is 0 Å². The molecule has 0 bridgehead atoms. The van der Waals surface area contributed by atoms with Crippen LogP contribution in [0.3, 0.4) is 0 Å². The lowest BCUT2D eigenvalue weighted by Gasteiger charge is -2.05. The summed E-state index contributed by atoms with van der Waals surface area (Å²) in [4.78, 5) is 21.5. The van der Waals surface area contributed by atoms with Crippen LogP contribution in [-0.4, -0.2) is 16.7 Å². The molecule has 0 radical (unpaired) electrons. The van der Waals surface area contributed by atoms with E-state index in [-0.39, 0.29) is 12.0 Å². The van der Waals surface area contributed by atoms with Crippen LogP contribution in [0, 0.1) is 15.9 Å². The van der Waals surface area contributed by atoms with E-state index < -0.39 is 22.6 Å². The Morgan fingerprint density at radius 2 is 2.00 bits per heavy atom. The van der Waals surface area contributed by atoms with E-state index in [1.54, 1.807) is 6.92 Å². The Kier molecular flexibility index (Phi) is 3.49. The summed E-state index contributed by atoms with van der Waals surface area (Å²) in [5.74, 6) is -1.05. The van der Waals surface area contributed by atoms with E-state index >= 15 is 0 Å². The van der Waals surface area contributed by atoms with Crippen molar-refractivity contribution in [3.8, 4) is 0 Å². The van der Waals surface area contributed by atoms with Crippen molar-refractivity contribution < 1.29 is 14.1 Å². The van der Waals surface area contributed by atoms with E-state index in [4.69, 9.17) is 0 Å². The molecule has 15 heavy (non-hydrogen) atoms. The third-order valence-corrected chi connectivity index (χ3v) is 2.07. The average molecular weight is 211 g/mol. The second kappa shape index (κ2) is 4.63. The maximum absolute atomic E-state index is 12.5. The number of ketones is 1. The predicted molar refractivity (Wildman–Crippen MR) is 51.8 cm³/mol. The number of benzene rings is 1. The zero-order valence-electron chi connectivity index (χ0n) is 8.14. The molecule has 0 aliphatic heterocycles. The molecule has 1 atom stereocenters. The lowest BCUT2D eigenvalue weighted by Crippen LogP contribution is -2.28. The third-order valence-electron chi connectivity index (χ3n) is 2.07. The summed E-state index contributed by atoms with van der Waals surface area (Å²) in [6, 6.07) is 3.49. The molecule has 0 N–H and O–H groups in total. The van der Waals surface area contributed by atoms with Gasteiger partial charge in [-0.2, -0.15) is 0 Å². The first-order valence-corrected chi connectivity index (χ1v) is 4.49. The lowest BCUT2D eigenvalue weighted by molar-refractivity contribution is -0.505. The van der Waals surface area contributed by atoms with Crippen LogP contribution < -0.4 is 0 Å². The van der Waals surface area contributed by atoms with Crippen LogP contribution in [0.25, 0.3) is 0 Å². The molecule has 0 saturated carbocycles. The minimum atomic E-state index is -1.24. The molecule has 0 aromatic heterocycles. The van der Waals surface area contributed by atoms with E-state index in [2.05, 4.69) is 0 Å². The first-order chi connectivity index (χ1) is 7.06. The fourth-order valence-electron chi connectivity index (χ4n) is 1.24. The van der Waals surface area contributed by atoms with Crippen LogP contribution in [-0.2, 0) is 0 Å². The standard InChI is InChI=1S/C10H10FNO3/c1-2-9(12(14)15)10(13)7-3-5-8(11)6-4-7/h3-6,9H,2H2,1H3. The molecule has 0 aliphatic carbocycles. The van der Waals surface area contributed by atoms with Gasteiger partial charge >= 0.3 is 0 Å². The number of nitrogens with zero attached hydrogens (tertiary/aromatic N) is 1. The van der Waals surface area contributed by atoms with Gasteiger partial charge < -0.3 is 0 Å². The van der Waals surface area contributed by atoms with Crippen molar-refractivity contribution in [1.82, 2.24) is 0 Å². The fourth-order valence-corrected chi connectivity index (χ4v) is 1.24. The number of carbonyl (C=O) groups excluding carboxylic acids is 1. The number of rotatable bonds is 4. The minimum Gasteiger partial charge on any atom is -0.286 e. The lowest BCUT2D eigenvalue weighted by atomic mass is 10.0. The molecule has 0 saturated heterocycles. The Morgan fingerprint density at radius 3 is 2.40 bits per heavy atom. The highest BCUT2D eigenvalue weighted by Gasteiger charge is 2.28. The largest absolute Gasteiger partial charge is 0.286 e. The van der Waals surface area contributed by atoms with Gasteiger partial charge in [-0.1, -0.05) is 6.92 Å². The van der Waals surface area contributed by atoms with Crippen molar-refractivity contribution in [3.05, 3.63) is 45.8 Å². The zero-order chi connectivity index (χ0) is 11.4. The molecule has 0 aliphatic rings. The summed E-state index contributed by atoms with van der Waals surface area (Å²) < 4.78 is 12.5. The summed E-state index contributed by atoms with van der Waals surface area (Å²) in [6.07, 6.45) is 0.128. The van der Waals surface area contributed by atoms with E-state index in [9.17, 15) is 19.3 Å². The second-order valence-electron chi connectivity index (χ2n) is 3.08. The molecule has 0 heterocycles. The van der Waals surface area contributed by atoms with E-state index in [0.717, 1.165) is 12.1 Å². The first kappa shape index (κ1) is 11.3. The third kappa shape index (κ3) is 2.59. The summed E-state index contributed by atoms with van der Waals surface area (Å²) in [5.41, 5.74) is 0.167. The van der Waals surface area contributed by atoms with Crippen molar-refractivity contribution in [3.63, 3.8) is 0 Å². The molecule has 0 fully saturated rings. The molecule has 1 rings (SSSR count). The molecule has 4 nitrogen and oxygen atoms in total. The maximum atomic E-state index is 12.5. The van der Waals surface area contributed by atoms with Gasteiger partial charge in [0.05, 0.1) is 0 Å². The minimum absolute atomic E-state index is 0.128. The van der Waals surface area contributed by atoms with Crippen LogP contribution in [0.15, 0.2) is 24.3 Å². The molecule has 0 spiro atoms. The molecule has 1 aromatic rings. The van der Waals surface area contributed by atoms with E-state index in [1.807, 2.05) is 0 Å². The number of hydrogen-bond donors (Lipinski definition) is 0. The Morgan fingerprint density at radius 1 is 1.47 bits per heavy atom. The topological polar surface area (TPSA) is 60.2 Å². The van der Waals surface area contributed by atoms with Gasteiger partial charge in [0.25, 0.3) is 6.04 Å². The monoisotopic (exact) mass is 211 g/mol. The SMILES string of the molecule is CCC(C(=O)c1ccc(F)cc1)[N+](=O)[O-]. The van der Waals surface area contributed by atoms with Crippen LogP contribution in [0.4, 0.5) is 4.39 Å². The quantitative estimate of drug-likeness (QED) is 0.435. The van der Waals surface area contributed by atoms with Crippen LogP contribution in [0.1, 0.15) is 23.7 Å². The average Bonchev–Trinajstić information content (AvgIpc) is 2.19. The summed E-state index contributed by atoms with van der Waals surface area (Å²) in [7, 11) is 0. The van der Waals surface area contributed by atoms with E-state index in [1.165, 1.54) is 12.1 Å². The normalized spacial score (nSPS) is 12.1. The summed E-state index contributed by atoms with van der Waals surface area (Å²) in [6.45, 7) is 1.56. The Balaban J connectivity index is 2.93. The summed E-state index contributed by atoms with van der Waals surface area (Å²) >= 11 is 0. The first-order valence-electron chi connectivity index (χ1n) is 4.49. The smallest absolute Gasteiger partial charge is 0.274 e. The van der Waals surface area contributed by atoms with Gasteiger partial charge in [0, 0.05) is 16.9 Å². The number of Topliss-reactive ketones (excluding diaryl/α,β-unsaturated/α-hetero) is 1. The molecule has 0 amide bonds. The maximum Gasteiger partial charge on any atom is 0.274 e. The van der Waals surface area contributed by atoms with Crippen molar-refractivity contribution >= 4 is 5.78 Å². The highest BCUT2D eigenvalue weighted by atomic mass is 19.1. The van der Waals surface area contributed by atoms with Crippen LogP contribution in [0.2, 0.25) is 0 Å². The molecular formula is C10H10FNO3. The molecule has 80 valence electrons. The number of nitro groups is 1. The number of hydrogen-bond acceptors (Lipinski definition) is 3.